The van der Waals surface area contributed by atoms with Gasteiger partial charge in [0.2, 0.25) is 5.91 Å². The van der Waals surface area contributed by atoms with Crippen molar-refractivity contribution in [2.75, 3.05) is 32.1 Å². The minimum atomic E-state index is -2.79. The minimum absolute atomic E-state index is 0.0935. The summed E-state index contributed by atoms with van der Waals surface area (Å²) in [7, 11) is 0.678. The molecule has 0 saturated carbocycles. The van der Waals surface area contributed by atoms with Gasteiger partial charge in [-0.05, 0) is 12.8 Å². The van der Waals surface area contributed by atoms with Crippen LogP contribution < -0.4 is 5.32 Å². The van der Waals surface area contributed by atoms with E-state index >= 15 is 0 Å². The molecule has 1 rings (SSSR count). The second-order valence-electron chi connectivity index (χ2n) is 4.42. The van der Waals surface area contributed by atoms with Crippen molar-refractivity contribution in [3.05, 3.63) is 0 Å². The number of carbonyl (C=O) groups excluding carboxylic acids is 1. The molecule has 0 aromatic rings. The van der Waals surface area contributed by atoms with Crippen molar-refractivity contribution in [2.45, 2.75) is 25.3 Å². The molecule has 6 heteroatoms. The monoisotopic (exact) mass is 248 g/mol. The van der Waals surface area contributed by atoms with Gasteiger partial charge in [-0.3, -0.25) is 4.79 Å². The highest BCUT2D eigenvalue weighted by atomic mass is 32.2. The van der Waals surface area contributed by atoms with Gasteiger partial charge in [0.25, 0.3) is 0 Å². The van der Waals surface area contributed by atoms with Gasteiger partial charge >= 0.3 is 0 Å². The summed E-state index contributed by atoms with van der Waals surface area (Å²) in [6.45, 7) is 0.627. The van der Waals surface area contributed by atoms with Crippen LogP contribution in [-0.2, 0) is 14.6 Å². The number of hydrogen-bond donors (Lipinski definition) is 1. The number of carbonyl (C=O) groups is 1. The normalized spacial score (nSPS) is 20.6. The number of rotatable bonds is 4. The quantitative estimate of drug-likeness (QED) is 0.737. The Bertz CT molecular complexity index is 324. The lowest BCUT2D eigenvalue weighted by molar-refractivity contribution is -0.128. The molecule has 0 unspecified atom stereocenters. The van der Waals surface area contributed by atoms with Crippen molar-refractivity contribution < 1.29 is 13.2 Å². The van der Waals surface area contributed by atoms with Crippen LogP contribution in [0.25, 0.3) is 0 Å². The van der Waals surface area contributed by atoms with E-state index < -0.39 is 9.84 Å². The van der Waals surface area contributed by atoms with Crippen LogP contribution in [0.4, 0.5) is 0 Å². The summed E-state index contributed by atoms with van der Waals surface area (Å²) < 4.78 is 22.4. The van der Waals surface area contributed by atoms with Crippen LogP contribution in [0.1, 0.15) is 19.3 Å². The van der Waals surface area contributed by atoms with E-state index in [1.807, 2.05) is 0 Å². The molecule has 5 nitrogen and oxygen atoms in total. The van der Waals surface area contributed by atoms with Gasteiger partial charge in [0.05, 0.1) is 11.5 Å². The summed E-state index contributed by atoms with van der Waals surface area (Å²) in [6.07, 6.45) is 1.80. The van der Waals surface area contributed by atoms with Gasteiger partial charge in [0.1, 0.15) is 9.84 Å². The predicted octanol–water partition coefficient (Wildman–Crippen LogP) is -0.368. The second kappa shape index (κ2) is 5.63. The molecule has 0 radical (unpaired) electrons. The van der Waals surface area contributed by atoms with E-state index in [0.717, 1.165) is 0 Å². The molecular formula is C10H20N2O3S. The highest BCUT2D eigenvalue weighted by molar-refractivity contribution is 7.91. The molecule has 1 heterocycles. The fourth-order valence-corrected chi connectivity index (χ4v) is 3.19. The maximum Gasteiger partial charge on any atom is 0.223 e. The molecule has 16 heavy (non-hydrogen) atoms. The molecule has 94 valence electrons. The first-order valence-electron chi connectivity index (χ1n) is 5.55. The van der Waals surface area contributed by atoms with Crippen molar-refractivity contribution in [1.82, 2.24) is 10.2 Å². The maximum absolute atomic E-state index is 11.3. The summed E-state index contributed by atoms with van der Waals surface area (Å²) in [5, 5.41) is 3.23. The Labute approximate surface area is 97.1 Å². The Kier molecular flexibility index (Phi) is 4.73. The Morgan fingerprint density at radius 2 is 1.88 bits per heavy atom. The minimum Gasteiger partial charge on any atom is -0.349 e. The van der Waals surface area contributed by atoms with Gasteiger partial charge in [-0.25, -0.2) is 8.42 Å². The first kappa shape index (κ1) is 13.4. The fourth-order valence-electron chi connectivity index (χ4n) is 1.70. The maximum atomic E-state index is 11.3. The third kappa shape index (κ3) is 4.49. The van der Waals surface area contributed by atoms with Crippen LogP contribution >= 0.6 is 0 Å². The van der Waals surface area contributed by atoms with E-state index in [4.69, 9.17) is 0 Å². The Morgan fingerprint density at radius 3 is 2.38 bits per heavy atom. The van der Waals surface area contributed by atoms with Crippen molar-refractivity contribution in [2.24, 2.45) is 0 Å². The largest absolute Gasteiger partial charge is 0.349 e. The Balaban J connectivity index is 2.18. The summed E-state index contributed by atoms with van der Waals surface area (Å²) in [6, 6.07) is 0.249. The zero-order valence-electron chi connectivity index (χ0n) is 9.90. The molecular weight excluding hydrogens is 228 g/mol. The lowest BCUT2D eigenvalue weighted by Crippen LogP contribution is -2.39. The Morgan fingerprint density at radius 1 is 1.31 bits per heavy atom. The number of nitrogens with one attached hydrogen (secondary N) is 1. The fraction of sp³-hybridized carbons (Fsp3) is 0.900. The molecule has 0 spiro atoms. The highest BCUT2D eigenvalue weighted by Gasteiger charge is 2.22. The molecule has 1 N–H and O–H groups in total. The van der Waals surface area contributed by atoms with Crippen molar-refractivity contribution in [3.8, 4) is 0 Å². The molecule has 1 aliphatic heterocycles. The lowest BCUT2D eigenvalue weighted by atomic mass is 10.1. The first-order chi connectivity index (χ1) is 7.41. The molecule has 1 fully saturated rings. The van der Waals surface area contributed by atoms with E-state index in [-0.39, 0.29) is 23.5 Å². The molecule has 1 aliphatic rings. The molecule has 0 bridgehead atoms. The lowest BCUT2D eigenvalue weighted by Gasteiger charge is -2.23. The van der Waals surface area contributed by atoms with E-state index in [1.54, 1.807) is 19.0 Å². The zero-order chi connectivity index (χ0) is 12.2. The molecule has 0 aromatic heterocycles. The molecule has 1 saturated heterocycles. The zero-order valence-corrected chi connectivity index (χ0v) is 10.7. The van der Waals surface area contributed by atoms with E-state index in [2.05, 4.69) is 5.32 Å². The molecule has 1 amide bonds. The Hall–Kier alpha value is -0.620. The third-order valence-electron chi connectivity index (χ3n) is 2.83. The van der Waals surface area contributed by atoms with E-state index in [1.165, 1.54) is 0 Å². The number of sulfone groups is 1. The molecule has 0 aromatic carbocycles. The molecule has 0 aliphatic carbocycles. The van der Waals surface area contributed by atoms with Gasteiger partial charge < -0.3 is 10.2 Å². The first-order valence-corrected chi connectivity index (χ1v) is 7.37. The predicted molar refractivity (Wildman–Crippen MR) is 63.0 cm³/mol. The number of hydrogen-bond acceptors (Lipinski definition) is 4. The molecule has 0 atom stereocenters. The van der Waals surface area contributed by atoms with Crippen molar-refractivity contribution in [3.63, 3.8) is 0 Å². The van der Waals surface area contributed by atoms with Crippen LogP contribution in [0.2, 0.25) is 0 Å². The van der Waals surface area contributed by atoms with Gasteiger partial charge in [-0.2, -0.15) is 0 Å². The van der Waals surface area contributed by atoms with Gasteiger partial charge in [0, 0.05) is 33.1 Å². The summed E-state index contributed by atoms with van der Waals surface area (Å²) in [5.74, 6) is 0.634. The van der Waals surface area contributed by atoms with Crippen LogP contribution in [0, 0.1) is 0 Å². The number of nitrogens with zero attached hydrogens (tertiary/aromatic N) is 1. The van der Waals surface area contributed by atoms with Crippen molar-refractivity contribution >= 4 is 15.7 Å². The summed E-state index contributed by atoms with van der Waals surface area (Å²) in [4.78, 5) is 12.8. The topological polar surface area (TPSA) is 66.5 Å². The smallest absolute Gasteiger partial charge is 0.223 e. The van der Waals surface area contributed by atoms with Crippen LogP contribution in [0.5, 0.6) is 0 Å². The van der Waals surface area contributed by atoms with Crippen molar-refractivity contribution in [1.29, 1.82) is 0 Å². The van der Waals surface area contributed by atoms with Crippen LogP contribution in [0.15, 0.2) is 0 Å². The highest BCUT2D eigenvalue weighted by Crippen LogP contribution is 2.11. The van der Waals surface area contributed by atoms with Gasteiger partial charge in [-0.1, -0.05) is 0 Å². The summed E-state index contributed by atoms with van der Waals surface area (Å²) in [5.41, 5.74) is 0. The second-order valence-corrected chi connectivity index (χ2v) is 6.72. The van der Waals surface area contributed by atoms with Gasteiger partial charge in [0.15, 0.2) is 0 Å². The van der Waals surface area contributed by atoms with E-state index in [0.29, 0.717) is 25.8 Å². The SMILES string of the molecule is CN(C)C(=O)CCNC1CCS(=O)(=O)CC1. The van der Waals surface area contributed by atoms with Crippen LogP contribution in [-0.4, -0.2) is 57.4 Å². The van der Waals surface area contributed by atoms with Gasteiger partial charge in [-0.15, -0.1) is 0 Å². The standard InChI is InChI=1S/C10H20N2O3S/c1-12(2)10(13)3-6-11-9-4-7-16(14,15)8-5-9/h9,11H,3-8H2,1-2H3. The average Bonchev–Trinajstić information content (AvgIpc) is 2.20. The average molecular weight is 248 g/mol. The third-order valence-corrected chi connectivity index (χ3v) is 4.54. The van der Waals surface area contributed by atoms with Crippen LogP contribution in [0.3, 0.4) is 0 Å². The van der Waals surface area contributed by atoms with E-state index in [9.17, 15) is 13.2 Å². The summed E-state index contributed by atoms with van der Waals surface area (Å²) >= 11 is 0. The number of amides is 1.